The Bertz CT molecular complexity index is 2640. The molecule has 4 atom stereocenters. The van der Waals surface area contributed by atoms with Crippen LogP contribution in [0.2, 0.25) is 0 Å². The molecule has 64 heavy (non-hydrogen) atoms. The first kappa shape index (κ1) is 46.2. The molecular formula is C46H50F5N5O7S. The lowest BCUT2D eigenvalue weighted by Gasteiger charge is -2.34. The highest BCUT2D eigenvalue weighted by Crippen LogP contribution is 2.49. The molecule has 0 aliphatic carbocycles. The van der Waals surface area contributed by atoms with Crippen molar-refractivity contribution in [1.29, 1.82) is 0 Å². The maximum Gasteiger partial charge on any atom is 0.417 e. The number of amides is 1. The van der Waals surface area contributed by atoms with Crippen LogP contribution in [0.25, 0.3) is 22.2 Å². The first-order chi connectivity index (χ1) is 30.0. The zero-order chi connectivity index (χ0) is 46.6. The average molecular weight is 912 g/mol. The molecule has 2 aromatic heterocycles. The van der Waals surface area contributed by atoms with Gasteiger partial charge in [-0.25, -0.2) is 36.9 Å². The number of carbonyl (C=O) groups is 1. The number of aryl methyl sites for hydroxylation is 1. The van der Waals surface area contributed by atoms with Gasteiger partial charge in [0.2, 0.25) is 20.9 Å². The number of alkyl halides is 3. The van der Waals surface area contributed by atoms with Gasteiger partial charge in [-0.2, -0.15) is 13.2 Å². The molecule has 0 N–H and O–H groups in total. The molecule has 0 spiro atoms. The number of pyridine rings is 1. The van der Waals surface area contributed by atoms with E-state index in [9.17, 15) is 13.2 Å². The Morgan fingerprint density at radius 2 is 1.47 bits per heavy atom. The molecule has 2 aliphatic heterocycles. The summed E-state index contributed by atoms with van der Waals surface area (Å²) in [6, 6.07) is 14.4. The zero-order valence-electron chi connectivity index (χ0n) is 36.9. The van der Waals surface area contributed by atoms with Crippen molar-refractivity contribution in [3.05, 3.63) is 94.2 Å². The molecule has 1 amide bonds. The SMILES string of the molecule is COc1ccc(CN(Cc2ccc(OC)cc2)c2cc(C)c(C(F)(F)F)c(-c3nc4c5c(nc(S(C)(=O)=O)nc5c3F)C3CC[C@@H](C)N(C(=O)OC(C)(C)C)CC3[C@H](C)O4)c2F)cc1. The van der Waals surface area contributed by atoms with E-state index < -0.39 is 96.2 Å². The van der Waals surface area contributed by atoms with Crippen molar-refractivity contribution in [2.24, 2.45) is 5.92 Å². The van der Waals surface area contributed by atoms with Gasteiger partial charge < -0.3 is 28.7 Å². The zero-order valence-corrected chi connectivity index (χ0v) is 37.7. The maximum atomic E-state index is 17.7. The topological polar surface area (TPSA) is 133 Å². The highest BCUT2D eigenvalue weighted by molar-refractivity contribution is 7.90. The van der Waals surface area contributed by atoms with E-state index in [0.29, 0.717) is 35.5 Å². The van der Waals surface area contributed by atoms with Crippen LogP contribution >= 0.6 is 0 Å². The summed E-state index contributed by atoms with van der Waals surface area (Å²) in [4.78, 5) is 29.5. The number of aromatic nitrogens is 3. The Kier molecular flexibility index (Phi) is 12.5. The number of nitrogens with zero attached hydrogens (tertiary/aromatic N) is 5. The number of halogens is 5. The first-order valence-electron chi connectivity index (χ1n) is 20.7. The molecule has 4 heterocycles. The highest BCUT2D eigenvalue weighted by atomic mass is 32.2. The Morgan fingerprint density at radius 1 is 0.891 bits per heavy atom. The smallest absolute Gasteiger partial charge is 0.417 e. The molecule has 0 bridgehead atoms. The van der Waals surface area contributed by atoms with Crippen molar-refractivity contribution in [2.45, 2.75) is 102 Å². The predicted molar refractivity (Wildman–Crippen MR) is 229 cm³/mol. The molecule has 1 fully saturated rings. The molecular weight excluding hydrogens is 862 g/mol. The molecule has 7 rings (SSSR count). The third-order valence-corrected chi connectivity index (χ3v) is 12.5. The third-order valence-electron chi connectivity index (χ3n) is 11.7. The molecule has 2 aliphatic rings. The number of hydrogen-bond donors (Lipinski definition) is 0. The summed E-state index contributed by atoms with van der Waals surface area (Å²) in [6.45, 7) is 9.88. The van der Waals surface area contributed by atoms with Gasteiger partial charge in [0.1, 0.15) is 34.4 Å². The fourth-order valence-electron chi connectivity index (χ4n) is 8.53. The number of methoxy groups -OCH3 is 2. The van der Waals surface area contributed by atoms with Crippen LogP contribution in [0.5, 0.6) is 17.4 Å². The van der Waals surface area contributed by atoms with Crippen LogP contribution in [-0.2, 0) is 33.8 Å². The van der Waals surface area contributed by atoms with Crippen LogP contribution in [0.1, 0.15) is 81.3 Å². The molecule has 12 nitrogen and oxygen atoms in total. The van der Waals surface area contributed by atoms with Gasteiger partial charge in [-0.1, -0.05) is 24.3 Å². The quantitative estimate of drug-likeness (QED) is 0.103. The summed E-state index contributed by atoms with van der Waals surface area (Å²) in [6.07, 6.45) is -5.15. The van der Waals surface area contributed by atoms with Gasteiger partial charge in [0.25, 0.3) is 0 Å². The van der Waals surface area contributed by atoms with Gasteiger partial charge in [-0.05, 0) is 101 Å². The van der Waals surface area contributed by atoms with Crippen molar-refractivity contribution in [1.82, 2.24) is 19.9 Å². The summed E-state index contributed by atoms with van der Waals surface area (Å²) in [5.74, 6) is -3.55. The monoisotopic (exact) mass is 911 g/mol. The van der Waals surface area contributed by atoms with Crippen molar-refractivity contribution >= 4 is 32.5 Å². The van der Waals surface area contributed by atoms with Crippen molar-refractivity contribution in [3.8, 4) is 28.6 Å². The van der Waals surface area contributed by atoms with E-state index in [1.54, 1.807) is 81.1 Å². The van der Waals surface area contributed by atoms with Gasteiger partial charge in [0.15, 0.2) is 11.6 Å². The summed E-state index contributed by atoms with van der Waals surface area (Å²) in [5, 5.41) is -0.952. The van der Waals surface area contributed by atoms with Crippen LogP contribution in [-0.4, -0.2) is 79.1 Å². The van der Waals surface area contributed by atoms with E-state index >= 15 is 22.0 Å². The number of likely N-dealkylation sites (tertiary alicyclic amines) is 1. The average Bonchev–Trinajstić information content (AvgIpc) is 3.46. The molecule has 0 saturated carbocycles. The minimum absolute atomic E-state index is 0.00724. The summed E-state index contributed by atoms with van der Waals surface area (Å²) in [5.41, 5.74) is -4.72. The lowest BCUT2D eigenvalue weighted by atomic mass is 9.82. The summed E-state index contributed by atoms with van der Waals surface area (Å²) >= 11 is 0. The number of rotatable bonds is 9. The van der Waals surface area contributed by atoms with Gasteiger partial charge in [-0.3, -0.25) is 0 Å². The van der Waals surface area contributed by atoms with E-state index in [2.05, 4.69) is 15.0 Å². The highest BCUT2D eigenvalue weighted by Gasteiger charge is 2.45. The summed E-state index contributed by atoms with van der Waals surface area (Å²) in [7, 11) is -1.29. The van der Waals surface area contributed by atoms with Gasteiger partial charge in [0.05, 0.1) is 42.1 Å². The number of fused-ring (bicyclic) bond motifs is 2. The fraction of sp³-hybridized carbons (Fsp3) is 0.435. The van der Waals surface area contributed by atoms with Crippen LogP contribution in [0.3, 0.4) is 0 Å². The Balaban J connectivity index is 1.46. The molecule has 5 aromatic rings. The number of ether oxygens (including phenoxy) is 4. The minimum Gasteiger partial charge on any atom is -0.497 e. The lowest BCUT2D eigenvalue weighted by molar-refractivity contribution is -0.137. The molecule has 2 unspecified atom stereocenters. The lowest BCUT2D eigenvalue weighted by Crippen LogP contribution is -2.45. The number of sulfone groups is 1. The molecule has 18 heteroatoms. The largest absolute Gasteiger partial charge is 0.497 e. The van der Waals surface area contributed by atoms with Crippen molar-refractivity contribution < 1.29 is 54.1 Å². The van der Waals surface area contributed by atoms with Crippen LogP contribution in [0.4, 0.5) is 32.4 Å². The molecule has 0 radical (unpaired) electrons. The van der Waals surface area contributed by atoms with E-state index in [1.807, 2.05) is 6.92 Å². The molecule has 1 saturated heterocycles. The second kappa shape index (κ2) is 17.3. The third kappa shape index (κ3) is 9.24. The maximum absolute atomic E-state index is 17.7. The van der Waals surface area contributed by atoms with Crippen molar-refractivity contribution in [2.75, 3.05) is 31.9 Å². The fourth-order valence-corrected chi connectivity index (χ4v) is 9.05. The Hall–Kier alpha value is -5.78. The number of benzene rings is 3. The second-order valence-corrected chi connectivity index (χ2v) is 19.4. The molecule has 3 aromatic carbocycles. The van der Waals surface area contributed by atoms with Crippen molar-refractivity contribution in [3.63, 3.8) is 0 Å². The van der Waals surface area contributed by atoms with E-state index in [1.165, 1.54) is 19.1 Å². The Morgan fingerprint density at radius 3 is 1.98 bits per heavy atom. The van der Waals surface area contributed by atoms with E-state index in [-0.39, 0.29) is 42.4 Å². The van der Waals surface area contributed by atoms with Gasteiger partial charge in [-0.15, -0.1) is 0 Å². The van der Waals surface area contributed by atoms with E-state index in [0.717, 1.165) is 19.2 Å². The van der Waals surface area contributed by atoms with Gasteiger partial charge >= 0.3 is 12.3 Å². The Labute approximate surface area is 368 Å². The number of carbonyl (C=O) groups excluding carboxylic acids is 1. The first-order valence-corrected chi connectivity index (χ1v) is 22.6. The summed E-state index contributed by atoms with van der Waals surface area (Å²) < 4.78 is 130. The van der Waals surface area contributed by atoms with Gasteiger partial charge in [0, 0.05) is 43.8 Å². The standard InChI is InChI=1S/C46H50F5N5O7S/c1-24-20-33(55(21-27-11-15-29(60-7)16-12-27)22-28-13-17-30(61-8)18-14-28)37(47)34(36(24)46(49,50)51)40-38(48)41-35-39(53-43(54-41)64(9,58)59)31-19-10-25(2)56(44(57)63-45(4,5)6)23-32(31)26(3)62-42(35)52-40/h11-18,20,25-26,31-32H,10,19,21-23H2,1-9H3/t25-,26+,31?,32?/m1/s1. The van der Waals surface area contributed by atoms with E-state index in [4.69, 9.17) is 18.9 Å². The minimum atomic E-state index is -5.23. The number of anilines is 1. The predicted octanol–water partition coefficient (Wildman–Crippen LogP) is 9.82. The molecule has 342 valence electrons. The van der Waals surface area contributed by atoms with Crippen LogP contribution < -0.4 is 19.1 Å². The second-order valence-electron chi connectivity index (χ2n) is 17.4. The normalized spacial score (nSPS) is 19.0. The number of hydrogen-bond acceptors (Lipinski definition) is 11. The van der Waals surface area contributed by atoms with Crippen LogP contribution in [0, 0.1) is 24.5 Å². The van der Waals surface area contributed by atoms with Crippen LogP contribution in [0.15, 0.2) is 59.8 Å².